The lowest BCUT2D eigenvalue weighted by atomic mass is 10.1. The molecule has 1 heterocycles. The third-order valence-corrected chi connectivity index (χ3v) is 4.46. The summed E-state index contributed by atoms with van der Waals surface area (Å²) in [7, 11) is 0. The first-order valence-corrected chi connectivity index (χ1v) is 8.96. The number of H-pyrrole nitrogens is 1. The molecule has 0 spiro atoms. The van der Waals surface area contributed by atoms with E-state index < -0.39 is 0 Å². The first kappa shape index (κ1) is 16.9. The van der Waals surface area contributed by atoms with Crippen LogP contribution < -0.4 is 10.1 Å². The number of hydrogen-bond donors (Lipinski definition) is 2. The largest absolute Gasteiger partial charge is 0.457 e. The summed E-state index contributed by atoms with van der Waals surface area (Å²) in [4.78, 5) is 15.9. The maximum Gasteiger partial charge on any atom is 0.255 e. The smallest absolute Gasteiger partial charge is 0.255 e. The molecule has 0 saturated carbocycles. The highest BCUT2D eigenvalue weighted by atomic mass is 16.5. The summed E-state index contributed by atoms with van der Waals surface area (Å²) in [6.07, 6.45) is 2.76. The molecule has 134 valence electrons. The fourth-order valence-corrected chi connectivity index (χ4v) is 3.10. The summed E-state index contributed by atoms with van der Waals surface area (Å²) in [5.41, 5.74) is 2.83. The Bertz CT molecular complexity index is 1050. The fraction of sp³-hybridized carbons (Fsp3) is 0.0870. The minimum Gasteiger partial charge on any atom is -0.457 e. The second kappa shape index (κ2) is 7.79. The average molecular weight is 356 g/mol. The number of para-hydroxylation sites is 3. The van der Waals surface area contributed by atoms with Gasteiger partial charge in [0.2, 0.25) is 0 Å². The molecule has 0 aliphatic rings. The molecule has 0 aliphatic heterocycles. The number of fused-ring (bicyclic) bond motifs is 1. The molecule has 0 saturated heterocycles. The highest BCUT2D eigenvalue weighted by Gasteiger charge is 2.12. The van der Waals surface area contributed by atoms with E-state index in [1.54, 1.807) is 6.07 Å². The third-order valence-electron chi connectivity index (χ3n) is 4.46. The Labute approximate surface area is 157 Å². The van der Waals surface area contributed by atoms with Crippen molar-refractivity contribution in [1.82, 2.24) is 10.3 Å². The van der Waals surface area contributed by atoms with Gasteiger partial charge in [-0.2, -0.15) is 0 Å². The molecule has 1 aromatic heterocycles. The summed E-state index contributed by atoms with van der Waals surface area (Å²) in [6.45, 7) is 0.556. The lowest BCUT2D eigenvalue weighted by molar-refractivity contribution is 0.0952. The normalized spacial score (nSPS) is 10.7. The first-order chi connectivity index (χ1) is 13.3. The summed E-state index contributed by atoms with van der Waals surface area (Å²) in [5, 5.41) is 4.19. The van der Waals surface area contributed by atoms with Crippen molar-refractivity contribution in [3.05, 3.63) is 96.2 Å². The molecule has 0 bridgehead atoms. The zero-order chi connectivity index (χ0) is 18.5. The number of carbonyl (C=O) groups is 1. The van der Waals surface area contributed by atoms with Crippen molar-refractivity contribution >= 4 is 16.8 Å². The van der Waals surface area contributed by atoms with E-state index in [1.165, 1.54) is 10.9 Å². The van der Waals surface area contributed by atoms with Gasteiger partial charge in [-0.25, -0.2) is 0 Å². The first-order valence-electron chi connectivity index (χ1n) is 8.96. The van der Waals surface area contributed by atoms with E-state index in [0.717, 1.165) is 11.9 Å². The molecular formula is C23H20N2O2. The number of aromatic amines is 1. The second-order valence-corrected chi connectivity index (χ2v) is 6.28. The van der Waals surface area contributed by atoms with Crippen molar-refractivity contribution in [1.29, 1.82) is 0 Å². The second-order valence-electron chi connectivity index (χ2n) is 6.28. The van der Waals surface area contributed by atoms with Crippen LogP contribution in [0.5, 0.6) is 11.5 Å². The predicted molar refractivity (Wildman–Crippen MR) is 107 cm³/mol. The van der Waals surface area contributed by atoms with Crippen molar-refractivity contribution in [2.75, 3.05) is 6.54 Å². The lowest BCUT2D eigenvalue weighted by Gasteiger charge is -2.11. The Kier molecular flexibility index (Phi) is 4.88. The Morgan fingerprint density at radius 3 is 2.52 bits per heavy atom. The van der Waals surface area contributed by atoms with Crippen molar-refractivity contribution in [2.45, 2.75) is 6.42 Å². The van der Waals surface area contributed by atoms with Crippen molar-refractivity contribution in [2.24, 2.45) is 0 Å². The number of amides is 1. The molecule has 4 nitrogen and oxygen atoms in total. The molecule has 4 aromatic rings. The van der Waals surface area contributed by atoms with Crippen LogP contribution in [0.25, 0.3) is 10.9 Å². The maximum atomic E-state index is 12.6. The number of rotatable bonds is 6. The number of nitrogens with one attached hydrogen (secondary N) is 2. The number of carbonyl (C=O) groups excluding carboxylic acids is 1. The van der Waals surface area contributed by atoms with Crippen LogP contribution in [0.2, 0.25) is 0 Å². The lowest BCUT2D eigenvalue weighted by Crippen LogP contribution is -2.26. The quantitative estimate of drug-likeness (QED) is 0.514. The molecule has 2 N–H and O–H groups in total. The number of ether oxygens (including phenoxy) is 1. The summed E-state index contributed by atoms with van der Waals surface area (Å²) in [6, 6.07) is 24.9. The molecule has 4 rings (SSSR count). The number of hydrogen-bond acceptors (Lipinski definition) is 2. The molecule has 0 unspecified atom stereocenters. The van der Waals surface area contributed by atoms with Crippen LogP contribution in [0, 0.1) is 0 Å². The van der Waals surface area contributed by atoms with Crippen LogP contribution in [0.1, 0.15) is 15.9 Å². The molecule has 0 atom stereocenters. The maximum absolute atomic E-state index is 12.6. The van der Waals surface area contributed by atoms with Gasteiger partial charge in [-0.05, 0) is 42.3 Å². The Morgan fingerprint density at radius 2 is 1.63 bits per heavy atom. The highest BCUT2D eigenvalue weighted by molar-refractivity contribution is 5.97. The minimum atomic E-state index is -0.138. The Balaban J connectivity index is 1.43. The molecular weight excluding hydrogens is 336 g/mol. The fourth-order valence-electron chi connectivity index (χ4n) is 3.10. The monoisotopic (exact) mass is 356 g/mol. The van der Waals surface area contributed by atoms with Gasteiger partial charge in [-0.15, -0.1) is 0 Å². The van der Waals surface area contributed by atoms with Crippen molar-refractivity contribution in [3.63, 3.8) is 0 Å². The van der Waals surface area contributed by atoms with Gasteiger partial charge in [0.1, 0.15) is 11.5 Å². The van der Waals surface area contributed by atoms with E-state index in [-0.39, 0.29) is 5.91 Å². The van der Waals surface area contributed by atoms with E-state index in [1.807, 2.05) is 66.9 Å². The number of benzene rings is 3. The van der Waals surface area contributed by atoms with E-state index in [0.29, 0.717) is 23.6 Å². The Hall–Kier alpha value is -3.53. The van der Waals surface area contributed by atoms with Gasteiger partial charge in [-0.3, -0.25) is 4.79 Å². The minimum absolute atomic E-state index is 0.138. The molecule has 4 heteroatoms. The summed E-state index contributed by atoms with van der Waals surface area (Å²) in [5.74, 6) is 1.12. The Morgan fingerprint density at radius 1 is 0.889 bits per heavy atom. The van der Waals surface area contributed by atoms with Gasteiger partial charge in [0, 0.05) is 23.6 Å². The van der Waals surface area contributed by atoms with Gasteiger partial charge < -0.3 is 15.0 Å². The van der Waals surface area contributed by atoms with Gasteiger partial charge in [0.15, 0.2) is 0 Å². The molecule has 0 aliphatic carbocycles. The van der Waals surface area contributed by atoms with Crippen LogP contribution >= 0.6 is 0 Å². The van der Waals surface area contributed by atoms with Gasteiger partial charge in [-0.1, -0.05) is 48.5 Å². The number of aromatic nitrogens is 1. The van der Waals surface area contributed by atoms with Gasteiger partial charge in [0.25, 0.3) is 5.91 Å². The average Bonchev–Trinajstić information content (AvgIpc) is 3.12. The van der Waals surface area contributed by atoms with E-state index in [9.17, 15) is 4.79 Å². The highest BCUT2D eigenvalue weighted by Crippen LogP contribution is 2.25. The molecule has 0 radical (unpaired) electrons. The van der Waals surface area contributed by atoms with Crippen molar-refractivity contribution in [3.8, 4) is 11.5 Å². The van der Waals surface area contributed by atoms with Crippen LogP contribution in [0.15, 0.2) is 85.1 Å². The molecule has 0 fully saturated rings. The van der Waals surface area contributed by atoms with Gasteiger partial charge in [0.05, 0.1) is 5.56 Å². The SMILES string of the molecule is O=C(NCCc1c[nH]c2ccccc12)c1ccccc1Oc1ccccc1. The van der Waals surface area contributed by atoms with Crippen molar-refractivity contribution < 1.29 is 9.53 Å². The standard InChI is InChI=1S/C23H20N2O2/c26-23(24-15-14-17-16-25-21-12-6-4-10-19(17)21)20-11-5-7-13-22(20)27-18-8-2-1-3-9-18/h1-13,16,25H,14-15H2,(H,24,26). The zero-order valence-electron chi connectivity index (χ0n) is 14.8. The van der Waals surface area contributed by atoms with Crippen LogP contribution in [0.3, 0.4) is 0 Å². The van der Waals surface area contributed by atoms with Crippen LogP contribution in [-0.4, -0.2) is 17.4 Å². The molecule has 27 heavy (non-hydrogen) atoms. The molecule has 1 amide bonds. The third kappa shape index (κ3) is 3.85. The zero-order valence-corrected chi connectivity index (χ0v) is 14.8. The summed E-state index contributed by atoms with van der Waals surface area (Å²) >= 11 is 0. The van der Waals surface area contributed by atoms with Crippen LogP contribution in [-0.2, 0) is 6.42 Å². The predicted octanol–water partition coefficient (Wildman–Crippen LogP) is 4.93. The van der Waals surface area contributed by atoms with Gasteiger partial charge >= 0.3 is 0 Å². The van der Waals surface area contributed by atoms with Crippen LogP contribution in [0.4, 0.5) is 0 Å². The summed E-state index contributed by atoms with van der Waals surface area (Å²) < 4.78 is 5.87. The topological polar surface area (TPSA) is 54.1 Å². The van der Waals surface area contributed by atoms with E-state index in [2.05, 4.69) is 22.4 Å². The van der Waals surface area contributed by atoms with E-state index >= 15 is 0 Å². The molecule has 3 aromatic carbocycles. The van der Waals surface area contributed by atoms with E-state index in [4.69, 9.17) is 4.74 Å².